The molecule has 0 radical (unpaired) electrons. The average molecular weight is 419 g/mol. The Kier molecular flexibility index (Phi) is 17.9. The van der Waals surface area contributed by atoms with Crippen LogP contribution in [-0.2, 0) is 4.79 Å². The van der Waals surface area contributed by atoms with Crippen molar-refractivity contribution < 1.29 is 9.90 Å². The number of hydrogen-bond donors (Lipinski definition) is 1. The number of allylic oxidation sites excluding steroid dienone is 4. The van der Waals surface area contributed by atoms with E-state index in [9.17, 15) is 4.79 Å². The predicted octanol–water partition coefficient (Wildman–Crippen LogP) is 9.40. The molecule has 0 aromatic carbocycles. The molecule has 1 aliphatic carbocycles. The summed E-state index contributed by atoms with van der Waals surface area (Å²) in [5.74, 6) is 0.216. The molecular formula is C28H50O2. The molecule has 1 rings (SSSR count). The number of unbranched alkanes of at least 4 members (excludes halogenated alkanes) is 15. The van der Waals surface area contributed by atoms with Crippen molar-refractivity contribution in [3.8, 4) is 0 Å². The molecule has 0 aromatic heterocycles. The van der Waals surface area contributed by atoms with Crippen LogP contribution in [0, 0.1) is 5.92 Å². The summed E-state index contributed by atoms with van der Waals surface area (Å²) in [6.45, 7) is 2.29. The van der Waals surface area contributed by atoms with E-state index in [1.165, 1.54) is 103 Å². The summed E-state index contributed by atoms with van der Waals surface area (Å²) in [5.41, 5.74) is 1.70. The molecule has 0 aliphatic heterocycles. The van der Waals surface area contributed by atoms with Crippen LogP contribution in [0.3, 0.4) is 0 Å². The predicted molar refractivity (Wildman–Crippen MR) is 131 cm³/mol. The van der Waals surface area contributed by atoms with Gasteiger partial charge in [-0.3, -0.25) is 4.79 Å². The maximum absolute atomic E-state index is 10.4. The van der Waals surface area contributed by atoms with E-state index >= 15 is 0 Å². The van der Waals surface area contributed by atoms with Crippen molar-refractivity contribution >= 4 is 5.97 Å². The lowest BCUT2D eigenvalue weighted by Gasteiger charge is -2.03. The zero-order chi connectivity index (χ0) is 21.7. The lowest BCUT2D eigenvalue weighted by Crippen LogP contribution is -1.92. The molecule has 2 heteroatoms. The molecule has 30 heavy (non-hydrogen) atoms. The van der Waals surface area contributed by atoms with E-state index in [4.69, 9.17) is 5.11 Å². The van der Waals surface area contributed by atoms with Crippen LogP contribution in [0.15, 0.2) is 23.8 Å². The van der Waals surface area contributed by atoms with E-state index in [-0.39, 0.29) is 6.42 Å². The van der Waals surface area contributed by atoms with Gasteiger partial charge in [-0.25, -0.2) is 0 Å². The number of rotatable bonds is 22. The Balaban J connectivity index is 1.78. The Morgan fingerprint density at radius 1 is 0.767 bits per heavy atom. The molecule has 0 saturated heterocycles. The third kappa shape index (κ3) is 17.8. The van der Waals surface area contributed by atoms with Gasteiger partial charge in [-0.1, -0.05) is 121 Å². The fourth-order valence-corrected chi connectivity index (χ4v) is 4.32. The standard InChI is InChI=1S/C28H50O2/c1-2-3-4-5-6-7-8-9-10-11-12-13-16-19-22-26-25-27(26)23-20-17-14-15-18-21-24-28(29)30/h14-15,23,26H,2-13,16-22,24-25H2,1H3,(H,29,30)/b15-14-,27-23+/t26-/m1/s1. The molecule has 2 nitrogen and oxygen atoms in total. The van der Waals surface area contributed by atoms with E-state index in [0.29, 0.717) is 0 Å². The third-order valence-corrected chi connectivity index (χ3v) is 6.42. The summed E-state index contributed by atoms with van der Waals surface area (Å²) in [6.07, 6.45) is 33.9. The van der Waals surface area contributed by atoms with Gasteiger partial charge in [0.15, 0.2) is 0 Å². The van der Waals surface area contributed by atoms with Crippen LogP contribution in [0.2, 0.25) is 0 Å². The Bertz CT molecular complexity index is 463. The fraction of sp³-hybridized carbons (Fsp3) is 0.821. The Labute approximate surface area is 187 Å². The van der Waals surface area contributed by atoms with Gasteiger partial charge in [0.25, 0.3) is 0 Å². The first kappa shape index (κ1) is 27.0. The van der Waals surface area contributed by atoms with Crippen LogP contribution in [0.25, 0.3) is 0 Å². The number of hydrogen-bond acceptors (Lipinski definition) is 1. The van der Waals surface area contributed by atoms with Gasteiger partial charge in [0, 0.05) is 6.42 Å². The van der Waals surface area contributed by atoms with Crippen molar-refractivity contribution in [2.45, 2.75) is 142 Å². The Morgan fingerprint density at radius 3 is 1.87 bits per heavy atom. The lowest BCUT2D eigenvalue weighted by atomic mass is 10.0. The fourth-order valence-electron chi connectivity index (χ4n) is 4.32. The van der Waals surface area contributed by atoms with Gasteiger partial charge in [-0.15, -0.1) is 0 Å². The zero-order valence-corrected chi connectivity index (χ0v) is 20.0. The van der Waals surface area contributed by atoms with Crippen LogP contribution >= 0.6 is 0 Å². The molecule has 1 atom stereocenters. The van der Waals surface area contributed by atoms with Crippen LogP contribution in [0.5, 0.6) is 0 Å². The lowest BCUT2D eigenvalue weighted by molar-refractivity contribution is -0.137. The second-order valence-electron chi connectivity index (χ2n) is 9.40. The second-order valence-corrected chi connectivity index (χ2v) is 9.40. The minimum atomic E-state index is -0.688. The summed E-state index contributed by atoms with van der Waals surface area (Å²) in [4.78, 5) is 10.4. The molecule has 0 bridgehead atoms. The largest absolute Gasteiger partial charge is 0.481 e. The van der Waals surface area contributed by atoms with Gasteiger partial charge in [0.1, 0.15) is 0 Å². The molecule has 174 valence electrons. The highest BCUT2D eigenvalue weighted by Gasteiger charge is 2.27. The number of aliphatic carboxylic acids is 1. The van der Waals surface area contributed by atoms with Crippen molar-refractivity contribution in [3.05, 3.63) is 23.8 Å². The number of carboxylic acids is 1. The average Bonchev–Trinajstić information content (AvgIpc) is 3.48. The third-order valence-electron chi connectivity index (χ3n) is 6.42. The Morgan fingerprint density at radius 2 is 1.30 bits per heavy atom. The van der Waals surface area contributed by atoms with Gasteiger partial charge in [-0.05, 0) is 44.4 Å². The van der Waals surface area contributed by atoms with Crippen LogP contribution in [0.1, 0.15) is 142 Å². The molecule has 1 saturated carbocycles. The quantitative estimate of drug-likeness (QED) is 0.140. The maximum Gasteiger partial charge on any atom is 0.303 e. The number of carbonyl (C=O) groups is 1. The van der Waals surface area contributed by atoms with Crippen molar-refractivity contribution in [1.29, 1.82) is 0 Å². The molecule has 0 aromatic rings. The molecule has 0 unspecified atom stereocenters. The van der Waals surface area contributed by atoms with Crippen LogP contribution in [0.4, 0.5) is 0 Å². The van der Waals surface area contributed by atoms with Gasteiger partial charge >= 0.3 is 5.97 Å². The first-order chi connectivity index (χ1) is 14.7. The van der Waals surface area contributed by atoms with Gasteiger partial charge in [0.2, 0.25) is 0 Å². The highest BCUT2D eigenvalue weighted by atomic mass is 16.4. The monoisotopic (exact) mass is 418 g/mol. The van der Waals surface area contributed by atoms with E-state index in [1.807, 2.05) is 0 Å². The summed E-state index contributed by atoms with van der Waals surface area (Å²) in [5, 5.41) is 8.59. The van der Waals surface area contributed by atoms with Crippen molar-refractivity contribution in [1.82, 2.24) is 0 Å². The second kappa shape index (κ2) is 19.9. The highest BCUT2D eigenvalue weighted by molar-refractivity contribution is 5.66. The van der Waals surface area contributed by atoms with E-state index in [2.05, 4.69) is 25.2 Å². The number of carboxylic acid groups (broad SMARTS) is 1. The molecule has 1 fully saturated rings. The molecular weight excluding hydrogens is 368 g/mol. The van der Waals surface area contributed by atoms with Gasteiger partial charge < -0.3 is 5.11 Å². The smallest absolute Gasteiger partial charge is 0.303 e. The summed E-state index contributed by atoms with van der Waals surface area (Å²) >= 11 is 0. The minimum Gasteiger partial charge on any atom is -0.481 e. The van der Waals surface area contributed by atoms with Crippen molar-refractivity contribution in [2.24, 2.45) is 5.92 Å². The molecule has 1 N–H and O–H groups in total. The van der Waals surface area contributed by atoms with Crippen LogP contribution in [-0.4, -0.2) is 11.1 Å². The van der Waals surface area contributed by atoms with E-state index < -0.39 is 5.97 Å². The van der Waals surface area contributed by atoms with Crippen LogP contribution < -0.4 is 0 Å². The first-order valence-corrected chi connectivity index (χ1v) is 13.3. The topological polar surface area (TPSA) is 37.3 Å². The SMILES string of the molecule is CCCCCCCCCCCCCCCC[C@@H]1C/C1=C\CC/C=C\CCCC(=O)O. The first-order valence-electron chi connectivity index (χ1n) is 13.3. The molecule has 0 spiro atoms. The molecule has 0 heterocycles. The summed E-state index contributed by atoms with van der Waals surface area (Å²) in [6, 6.07) is 0. The summed E-state index contributed by atoms with van der Waals surface area (Å²) in [7, 11) is 0. The molecule has 0 amide bonds. The summed E-state index contributed by atoms with van der Waals surface area (Å²) < 4.78 is 0. The Hall–Kier alpha value is -1.05. The highest BCUT2D eigenvalue weighted by Crippen LogP contribution is 2.42. The van der Waals surface area contributed by atoms with Crippen molar-refractivity contribution in [3.63, 3.8) is 0 Å². The zero-order valence-electron chi connectivity index (χ0n) is 20.0. The van der Waals surface area contributed by atoms with Gasteiger partial charge in [-0.2, -0.15) is 0 Å². The van der Waals surface area contributed by atoms with E-state index in [0.717, 1.165) is 31.6 Å². The van der Waals surface area contributed by atoms with E-state index in [1.54, 1.807) is 5.57 Å². The normalized spacial score (nSPS) is 17.2. The van der Waals surface area contributed by atoms with Gasteiger partial charge in [0.05, 0.1) is 0 Å². The van der Waals surface area contributed by atoms with Crippen molar-refractivity contribution in [2.75, 3.05) is 0 Å². The minimum absolute atomic E-state index is 0.287. The molecule has 1 aliphatic rings. The maximum atomic E-state index is 10.4.